The molecule has 0 bridgehead atoms. The summed E-state index contributed by atoms with van der Waals surface area (Å²) in [5, 5.41) is 2.95. The smallest absolute Gasteiger partial charge is 0.249 e. The lowest BCUT2D eigenvalue weighted by molar-refractivity contribution is -0.127. The number of nitrogens with one attached hydrogen (secondary N) is 1. The molecular formula is C25H24N2O2. The fraction of sp³-hybridized carbons (Fsp3) is 0.200. The molecule has 3 aromatic rings. The van der Waals surface area contributed by atoms with Crippen LogP contribution in [0.4, 0.5) is 5.69 Å². The molecule has 0 aromatic heterocycles. The van der Waals surface area contributed by atoms with Crippen LogP contribution in [0.1, 0.15) is 29.5 Å². The fourth-order valence-electron chi connectivity index (χ4n) is 3.95. The van der Waals surface area contributed by atoms with Crippen LogP contribution in [0.5, 0.6) is 0 Å². The van der Waals surface area contributed by atoms with Crippen LogP contribution < -0.4 is 10.2 Å². The number of amides is 2. The number of para-hydroxylation sites is 1. The molecular weight excluding hydrogens is 360 g/mol. The predicted octanol–water partition coefficient (Wildman–Crippen LogP) is 3.91. The van der Waals surface area contributed by atoms with Gasteiger partial charge >= 0.3 is 0 Å². The first kappa shape index (κ1) is 18.9. The zero-order chi connectivity index (χ0) is 20.2. The standard InChI is InChI=1S/C25H24N2O2/c1-18(25(29)27-17-16-19-10-8-9-15-22(19)27)26-24(28)23(20-11-4-2-5-12-20)21-13-6-3-7-14-21/h2-15,18,23H,16-17H2,1H3,(H,26,28)/t18-/m0/s1. The number of carbonyl (C=O) groups excluding carboxylic acids is 2. The first-order valence-electron chi connectivity index (χ1n) is 9.94. The van der Waals surface area contributed by atoms with Gasteiger partial charge < -0.3 is 10.2 Å². The summed E-state index contributed by atoms with van der Waals surface area (Å²) in [5.41, 5.74) is 3.93. The van der Waals surface area contributed by atoms with Crippen molar-refractivity contribution in [3.8, 4) is 0 Å². The van der Waals surface area contributed by atoms with Crippen LogP contribution in [-0.2, 0) is 16.0 Å². The maximum Gasteiger partial charge on any atom is 0.249 e. The minimum atomic E-state index is -0.608. The topological polar surface area (TPSA) is 49.4 Å². The molecule has 0 saturated carbocycles. The molecule has 1 aliphatic rings. The summed E-state index contributed by atoms with van der Waals surface area (Å²) >= 11 is 0. The molecule has 1 atom stereocenters. The lowest BCUT2D eigenvalue weighted by Gasteiger charge is -2.25. The van der Waals surface area contributed by atoms with Crippen molar-refractivity contribution in [2.45, 2.75) is 25.3 Å². The first-order valence-corrected chi connectivity index (χ1v) is 9.94. The zero-order valence-electron chi connectivity index (χ0n) is 16.4. The van der Waals surface area contributed by atoms with Crippen LogP contribution in [-0.4, -0.2) is 24.4 Å². The van der Waals surface area contributed by atoms with E-state index < -0.39 is 12.0 Å². The Bertz CT molecular complexity index is 962. The van der Waals surface area contributed by atoms with E-state index in [1.807, 2.05) is 84.9 Å². The van der Waals surface area contributed by atoms with E-state index in [-0.39, 0.29) is 11.8 Å². The van der Waals surface area contributed by atoms with Gasteiger partial charge in [0.2, 0.25) is 11.8 Å². The van der Waals surface area contributed by atoms with Gasteiger partial charge in [-0.05, 0) is 36.1 Å². The van der Waals surface area contributed by atoms with Crippen LogP contribution in [0, 0.1) is 0 Å². The third kappa shape index (κ3) is 3.92. The molecule has 1 aliphatic heterocycles. The van der Waals surface area contributed by atoms with Gasteiger partial charge in [0, 0.05) is 12.2 Å². The SMILES string of the molecule is C[C@H](NC(=O)C(c1ccccc1)c1ccccc1)C(=O)N1CCc2ccccc21. The van der Waals surface area contributed by atoms with Crippen molar-refractivity contribution >= 4 is 17.5 Å². The van der Waals surface area contributed by atoms with Gasteiger partial charge in [-0.15, -0.1) is 0 Å². The van der Waals surface area contributed by atoms with Crippen molar-refractivity contribution in [1.82, 2.24) is 5.32 Å². The molecule has 29 heavy (non-hydrogen) atoms. The predicted molar refractivity (Wildman–Crippen MR) is 115 cm³/mol. The van der Waals surface area contributed by atoms with E-state index in [9.17, 15) is 9.59 Å². The van der Waals surface area contributed by atoms with Gasteiger partial charge in [0.15, 0.2) is 0 Å². The van der Waals surface area contributed by atoms with Gasteiger partial charge in [-0.2, -0.15) is 0 Å². The van der Waals surface area contributed by atoms with E-state index in [1.165, 1.54) is 5.56 Å². The molecule has 0 fully saturated rings. The number of fused-ring (bicyclic) bond motifs is 1. The largest absolute Gasteiger partial charge is 0.344 e. The molecule has 4 heteroatoms. The van der Waals surface area contributed by atoms with Gasteiger partial charge in [0.05, 0.1) is 5.92 Å². The van der Waals surface area contributed by atoms with E-state index in [4.69, 9.17) is 0 Å². The maximum absolute atomic E-state index is 13.2. The summed E-state index contributed by atoms with van der Waals surface area (Å²) in [6.45, 7) is 2.41. The second-order valence-electron chi connectivity index (χ2n) is 7.35. The highest BCUT2D eigenvalue weighted by Gasteiger charge is 2.31. The molecule has 146 valence electrons. The van der Waals surface area contributed by atoms with E-state index in [0.717, 1.165) is 23.2 Å². The lowest BCUT2D eigenvalue weighted by atomic mass is 9.90. The second kappa shape index (κ2) is 8.31. The minimum Gasteiger partial charge on any atom is -0.344 e. The van der Waals surface area contributed by atoms with Gasteiger partial charge in [-0.3, -0.25) is 9.59 Å². The molecule has 3 aromatic carbocycles. The number of hydrogen-bond acceptors (Lipinski definition) is 2. The van der Waals surface area contributed by atoms with Crippen molar-refractivity contribution in [2.75, 3.05) is 11.4 Å². The molecule has 0 spiro atoms. The monoisotopic (exact) mass is 384 g/mol. The zero-order valence-corrected chi connectivity index (χ0v) is 16.4. The van der Waals surface area contributed by atoms with Gasteiger partial charge in [0.1, 0.15) is 6.04 Å². The fourth-order valence-corrected chi connectivity index (χ4v) is 3.95. The summed E-state index contributed by atoms with van der Waals surface area (Å²) in [6.07, 6.45) is 0.846. The Labute approximate surface area is 171 Å². The van der Waals surface area contributed by atoms with Crippen molar-refractivity contribution in [2.24, 2.45) is 0 Å². The van der Waals surface area contributed by atoms with Crippen LogP contribution >= 0.6 is 0 Å². The lowest BCUT2D eigenvalue weighted by Crippen LogP contribution is -2.48. The van der Waals surface area contributed by atoms with Crippen molar-refractivity contribution in [3.05, 3.63) is 102 Å². The average Bonchev–Trinajstić information content (AvgIpc) is 3.19. The Hall–Kier alpha value is -3.40. The third-order valence-corrected chi connectivity index (χ3v) is 5.41. The van der Waals surface area contributed by atoms with Crippen molar-refractivity contribution < 1.29 is 9.59 Å². The minimum absolute atomic E-state index is 0.0804. The van der Waals surface area contributed by atoms with Crippen LogP contribution in [0.2, 0.25) is 0 Å². The summed E-state index contributed by atoms with van der Waals surface area (Å²) < 4.78 is 0. The summed E-state index contributed by atoms with van der Waals surface area (Å²) in [5.74, 6) is -0.711. The highest BCUT2D eigenvalue weighted by Crippen LogP contribution is 2.28. The molecule has 1 heterocycles. The number of hydrogen-bond donors (Lipinski definition) is 1. The number of anilines is 1. The van der Waals surface area contributed by atoms with E-state index in [2.05, 4.69) is 5.32 Å². The van der Waals surface area contributed by atoms with Gasteiger partial charge in [0.25, 0.3) is 0 Å². The molecule has 4 nitrogen and oxygen atoms in total. The summed E-state index contributed by atoms with van der Waals surface area (Å²) in [4.78, 5) is 28.1. The van der Waals surface area contributed by atoms with Gasteiger partial charge in [-0.1, -0.05) is 78.9 Å². The van der Waals surface area contributed by atoms with E-state index in [0.29, 0.717) is 6.54 Å². The normalized spacial score (nSPS) is 13.8. The summed E-state index contributed by atoms with van der Waals surface area (Å²) in [7, 11) is 0. The van der Waals surface area contributed by atoms with Crippen LogP contribution in [0.3, 0.4) is 0 Å². The maximum atomic E-state index is 13.2. The number of rotatable bonds is 5. The molecule has 1 N–H and O–H groups in total. The quantitative estimate of drug-likeness (QED) is 0.725. The molecule has 0 saturated heterocycles. The number of nitrogens with zero attached hydrogens (tertiary/aromatic N) is 1. The highest BCUT2D eigenvalue weighted by atomic mass is 16.2. The van der Waals surface area contributed by atoms with Crippen LogP contribution in [0.15, 0.2) is 84.9 Å². The number of benzene rings is 3. The molecule has 4 rings (SSSR count). The summed E-state index contributed by atoms with van der Waals surface area (Å²) in [6, 6.07) is 26.7. The van der Waals surface area contributed by atoms with Crippen molar-refractivity contribution in [1.29, 1.82) is 0 Å². The molecule has 0 aliphatic carbocycles. The Morgan fingerprint density at radius 1 is 0.828 bits per heavy atom. The third-order valence-electron chi connectivity index (χ3n) is 5.41. The average molecular weight is 384 g/mol. The molecule has 0 radical (unpaired) electrons. The van der Waals surface area contributed by atoms with Gasteiger partial charge in [-0.25, -0.2) is 0 Å². The number of carbonyl (C=O) groups is 2. The van der Waals surface area contributed by atoms with Crippen molar-refractivity contribution in [3.63, 3.8) is 0 Å². The first-order chi connectivity index (χ1) is 14.1. The Balaban J connectivity index is 1.54. The second-order valence-corrected chi connectivity index (χ2v) is 7.35. The van der Waals surface area contributed by atoms with E-state index >= 15 is 0 Å². The Morgan fingerprint density at radius 2 is 1.38 bits per heavy atom. The highest BCUT2D eigenvalue weighted by molar-refractivity contribution is 6.01. The Morgan fingerprint density at radius 3 is 2.00 bits per heavy atom. The molecule has 2 amide bonds. The molecule has 0 unspecified atom stereocenters. The van der Waals surface area contributed by atoms with E-state index in [1.54, 1.807) is 11.8 Å². The Kier molecular flexibility index (Phi) is 5.43. The van der Waals surface area contributed by atoms with Crippen LogP contribution in [0.25, 0.3) is 0 Å².